The maximum Gasteiger partial charge on any atom is 0.0547 e. The summed E-state index contributed by atoms with van der Waals surface area (Å²) in [7, 11) is 0. The molecule has 0 aliphatic heterocycles. The molecule has 3 aromatic heterocycles. The van der Waals surface area contributed by atoms with Crippen molar-refractivity contribution in [3.05, 3.63) is 182 Å². The van der Waals surface area contributed by atoms with Gasteiger partial charge in [-0.1, -0.05) is 121 Å². The van der Waals surface area contributed by atoms with E-state index in [4.69, 9.17) is 0 Å². The Hall–Kier alpha value is -6.42. The van der Waals surface area contributed by atoms with Crippen molar-refractivity contribution in [1.29, 1.82) is 0 Å². The van der Waals surface area contributed by atoms with Gasteiger partial charge in [0.15, 0.2) is 0 Å². The van der Waals surface area contributed by atoms with Gasteiger partial charge in [-0.05, 0) is 82.9 Å². The highest BCUT2D eigenvalue weighted by molar-refractivity contribution is 7.25. The molecule has 8 aromatic carbocycles. The van der Waals surface area contributed by atoms with E-state index in [1.54, 1.807) is 0 Å². The van der Waals surface area contributed by atoms with E-state index in [-0.39, 0.29) is 0 Å². The zero-order chi connectivity index (χ0) is 33.5. The molecule has 0 spiro atoms. The van der Waals surface area contributed by atoms with Gasteiger partial charge in [-0.25, -0.2) is 0 Å². The van der Waals surface area contributed by atoms with Crippen LogP contribution >= 0.6 is 11.3 Å². The van der Waals surface area contributed by atoms with Crippen LogP contribution in [0.3, 0.4) is 0 Å². The van der Waals surface area contributed by atoms with Crippen LogP contribution < -0.4 is 0 Å². The SMILES string of the molecule is c1ccc(-c2cccc(-n3c4ccccc4c4ccc(-c5cccc6c5c5ccccc5n6-c5ccc6sc7ccccc7c6c5)cc43)c2)cc1. The van der Waals surface area contributed by atoms with Gasteiger partial charge in [0.05, 0.1) is 22.1 Å². The topological polar surface area (TPSA) is 9.86 Å². The van der Waals surface area contributed by atoms with E-state index in [2.05, 4.69) is 191 Å². The number of rotatable bonds is 4. The number of nitrogens with zero attached hydrogens (tertiary/aromatic N) is 2. The normalized spacial score (nSPS) is 11.9. The number of benzene rings is 8. The van der Waals surface area contributed by atoms with Crippen LogP contribution in [0.25, 0.3) is 97.4 Å². The van der Waals surface area contributed by atoms with Crippen molar-refractivity contribution in [2.75, 3.05) is 0 Å². The molecule has 11 aromatic rings. The molecule has 0 saturated carbocycles. The van der Waals surface area contributed by atoms with Gasteiger partial charge in [-0.2, -0.15) is 0 Å². The third-order valence-electron chi connectivity index (χ3n) is 10.5. The van der Waals surface area contributed by atoms with E-state index in [1.807, 2.05) is 11.3 Å². The van der Waals surface area contributed by atoms with Crippen LogP contribution in [0, 0.1) is 0 Å². The van der Waals surface area contributed by atoms with Gasteiger partial charge < -0.3 is 9.13 Å². The summed E-state index contributed by atoms with van der Waals surface area (Å²) in [6.07, 6.45) is 0. The average Bonchev–Trinajstić information content (AvgIpc) is 3.85. The van der Waals surface area contributed by atoms with Gasteiger partial charge in [0.2, 0.25) is 0 Å². The van der Waals surface area contributed by atoms with Crippen LogP contribution in [-0.2, 0) is 0 Å². The number of aromatic nitrogens is 2. The molecule has 0 atom stereocenters. The maximum atomic E-state index is 2.45. The molecule has 2 nitrogen and oxygen atoms in total. The fourth-order valence-electron chi connectivity index (χ4n) is 8.26. The molecule has 3 heteroatoms. The Morgan fingerprint density at radius 3 is 1.82 bits per heavy atom. The Balaban J connectivity index is 1.15. The van der Waals surface area contributed by atoms with Crippen molar-refractivity contribution in [2.24, 2.45) is 0 Å². The molecule has 0 aliphatic carbocycles. The molecule has 51 heavy (non-hydrogen) atoms. The first-order valence-electron chi connectivity index (χ1n) is 17.4. The Kier molecular flexibility index (Phi) is 6.16. The first-order chi connectivity index (χ1) is 25.3. The van der Waals surface area contributed by atoms with Crippen molar-refractivity contribution < 1.29 is 0 Å². The van der Waals surface area contributed by atoms with E-state index < -0.39 is 0 Å². The molecule has 0 radical (unpaired) electrons. The summed E-state index contributed by atoms with van der Waals surface area (Å²) in [5.74, 6) is 0. The smallest absolute Gasteiger partial charge is 0.0547 e. The van der Waals surface area contributed by atoms with Gasteiger partial charge in [-0.3, -0.25) is 0 Å². The predicted octanol–water partition coefficient (Wildman–Crippen LogP) is 13.6. The lowest BCUT2D eigenvalue weighted by Crippen LogP contribution is -1.95. The molecule has 11 rings (SSSR count). The summed E-state index contributed by atoms with van der Waals surface area (Å²) < 4.78 is 7.53. The van der Waals surface area contributed by atoms with Gasteiger partial charge in [-0.15, -0.1) is 11.3 Å². The molecule has 0 N–H and O–H groups in total. The second-order valence-corrected chi connectivity index (χ2v) is 14.4. The zero-order valence-corrected chi connectivity index (χ0v) is 28.4. The summed E-state index contributed by atoms with van der Waals surface area (Å²) in [6.45, 7) is 0. The van der Waals surface area contributed by atoms with Gasteiger partial charge in [0.1, 0.15) is 0 Å². The largest absolute Gasteiger partial charge is 0.309 e. The van der Waals surface area contributed by atoms with Gasteiger partial charge in [0.25, 0.3) is 0 Å². The quantitative estimate of drug-likeness (QED) is 0.177. The molecule has 0 fully saturated rings. The molecule has 0 saturated heterocycles. The van der Waals surface area contributed by atoms with Crippen molar-refractivity contribution in [1.82, 2.24) is 9.13 Å². The van der Waals surface area contributed by atoms with Crippen LogP contribution in [-0.4, -0.2) is 9.13 Å². The van der Waals surface area contributed by atoms with E-state index in [1.165, 1.54) is 91.7 Å². The van der Waals surface area contributed by atoms with Crippen LogP contribution in [0.5, 0.6) is 0 Å². The van der Waals surface area contributed by atoms with E-state index in [9.17, 15) is 0 Å². The van der Waals surface area contributed by atoms with Crippen molar-refractivity contribution in [3.8, 4) is 33.6 Å². The lowest BCUT2D eigenvalue weighted by Gasteiger charge is -2.12. The Morgan fingerprint density at radius 2 is 0.941 bits per heavy atom. The van der Waals surface area contributed by atoms with E-state index >= 15 is 0 Å². The van der Waals surface area contributed by atoms with E-state index in [0.717, 1.165) is 5.69 Å². The molecule has 0 bridgehead atoms. The number of thiophene rings is 1. The Labute approximate surface area is 298 Å². The lowest BCUT2D eigenvalue weighted by molar-refractivity contribution is 1.18. The zero-order valence-electron chi connectivity index (χ0n) is 27.6. The van der Waals surface area contributed by atoms with Crippen LogP contribution in [0.1, 0.15) is 0 Å². The van der Waals surface area contributed by atoms with Crippen molar-refractivity contribution in [3.63, 3.8) is 0 Å². The third-order valence-corrected chi connectivity index (χ3v) is 11.7. The van der Waals surface area contributed by atoms with E-state index in [0.29, 0.717) is 0 Å². The second-order valence-electron chi connectivity index (χ2n) is 13.3. The highest BCUT2D eigenvalue weighted by atomic mass is 32.1. The fourth-order valence-corrected chi connectivity index (χ4v) is 9.35. The summed E-state index contributed by atoms with van der Waals surface area (Å²) in [4.78, 5) is 0. The van der Waals surface area contributed by atoms with Crippen LogP contribution in [0.15, 0.2) is 182 Å². The summed E-state index contributed by atoms with van der Waals surface area (Å²) >= 11 is 1.86. The number of hydrogen-bond donors (Lipinski definition) is 0. The van der Waals surface area contributed by atoms with Crippen molar-refractivity contribution >= 4 is 75.1 Å². The fraction of sp³-hybridized carbons (Fsp3) is 0. The molecular formula is C48H30N2S. The molecule has 0 aliphatic rings. The molecule has 0 amide bonds. The number of fused-ring (bicyclic) bond motifs is 9. The first-order valence-corrected chi connectivity index (χ1v) is 18.3. The lowest BCUT2D eigenvalue weighted by atomic mass is 9.98. The third kappa shape index (κ3) is 4.29. The van der Waals surface area contributed by atoms with Gasteiger partial charge in [0, 0.05) is 53.1 Å². The average molecular weight is 667 g/mol. The summed E-state index contributed by atoms with van der Waals surface area (Å²) in [6, 6.07) is 66.7. The maximum absolute atomic E-state index is 2.45. The molecular weight excluding hydrogens is 637 g/mol. The highest BCUT2D eigenvalue weighted by Gasteiger charge is 2.19. The molecule has 0 unspecified atom stereocenters. The first kappa shape index (κ1) is 28.4. The van der Waals surface area contributed by atoms with Crippen LogP contribution in [0.4, 0.5) is 0 Å². The standard InChI is InChI=1S/C48H30N2S/c1-2-12-31(13-3-1)32-14-10-15-34(28-32)50-42-20-7-4-16-37(42)38-26-24-33(29-45(38)50)36-19-11-22-44-48(36)40-18-5-8-21-43(40)49(44)35-25-27-47-41(30-35)39-17-6-9-23-46(39)51-47/h1-30H. The minimum atomic E-state index is 1.16. The Bertz CT molecular complexity index is 3140. The minimum absolute atomic E-state index is 1.16. The van der Waals surface area contributed by atoms with Crippen molar-refractivity contribution in [2.45, 2.75) is 0 Å². The summed E-state index contributed by atoms with van der Waals surface area (Å²) in [5, 5.41) is 7.68. The van der Waals surface area contributed by atoms with Gasteiger partial charge >= 0.3 is 0 Å². The molecule has 3 heterocycles. The second kappa shape index (κ2) is 11.0. The Morgan fingerprint density at radius 1 is 0.314 bits per heavy atom. The highest BCUT2D eigenvalue weighted by Crippen LogP contribution is 2.42. The predicted molar refractivity (Wildman–Crippen MR) is 219 cm³/mol. The monoisotopic (exact) mass is 666 g/mol. The summed E-state index contributed by atoms with van der Waals surface area (Å²) in [5.41, 5.74) is 12.1. The molecule has 238 valence electrons. The minimum Gasteiger partial charge on any atom is -0.309 e. The number of para-hydroxylation sites is 2. The van der Waals surface area contributed by atoms with Crippen LogP contribution in [0.2, 0.25) is 0 Å². The number of hydrogen-bond acceptors (Lipinski definition) is 1.